The van der Waals surface area contributed by atoms with Crippen LogP contribution in [0.15, 0.2) is 34.6 Å². The van der Waals surface area contributed by atoms with Gasteiger partial charge in [-0.2, -0.15) is 0 Å². The van der Waals surface area contributed by atoms with Gasteiger partial charge in [0, 0.05) is 47.3 Å². The molecule has 4 rings (SSSR count). The molecule has 0 saturated carbocycles. The minimum Gasteiger partial charge on any atom is -0.376 e. The minimum absolute atomic E-state index is 0.0736. The molecular weight excluding hydrogens is 456 g/mol. The summed E-state index contributed by atoms with van der Waals surface area (Å²) < 4.78 is 8.36. The average molecular weight is 477 g/mol. The summed E-state index contributed by atoms with van der Waals surface area (Å²) in [5.74, 6) is -0.254. The Kier molecular flexibility index (Phi) is 5.71. The van der Waals surface area contributed by atoms with E-state index in [1.54, 1.807) is 13.1 Å². The first-order chi connectivity index (χ1) is 13.9. The number of aromatic nitrogens is 1. The number of carbonyl (C=O) groups excluding carboxylic acids is 2. The summed E-state index contributed by atoms with van der Waals surface area (Å²) >= 11 is 8.64. The Labute approximate surface area is 182 Å². The van der Waals surface area contributed by atoms with E-state index in [9.17, 15) is 9.59 Å². The third-order valence-electron chi connectivity index (χ3n) is 5.12. The second-order valence-electron chi connectivity index (χ2n) is 7.17. The molecule has 2 N–H and O–H groups in total. The van der Waals surface area contributed by atoms with E-state index < -0.39 is 0 Å². The molecule has 0 radical (unpaired) electrons. The van der Waals surface area contributed by atoms with Crippen molar-refractivity contribution in [3.63, 3.8) is 0 Å². The number of halogens is 1. The largest absolute Gasteiger partial charge is 0.376 e. The normalized spacial score (nSPS) is 20.7. The Bertz CT molecular complexity index is 1030. The Morgan fingerprint density at radius 2 is 2.31 bits per heavy atom. The standard InChI is InChI=1S/C20H21BrN4O3S/c1-24-19(27)16(23-20(24)29)7-12-10-25(17-5-4-13(21)8-15(12)17)11-18(26)22-9-14-3-2-6-28-14/h4-5,7-8,10,14H,2-3,6,9,11H2,1H3,(H,22,26)(H,23,29)/b16-7+/t14-/m1/s1. The molecule has 9 heteroatoms. The predicted octanol–water partition coefficient (Wildman–Crippen LogP) is 2.39. The van der Waals surface area contributed by atoms with E-state index in [-0.39, 0.29) is 24.5 Å². The summed E-state index contributed by atoms with van der Waals surface area (Å²) in [5, 5.41) is 7.20. The zero-order valence-corrected chi connectivity index (χ0v) is 18.3. The topological polar surface area (TPSA) is 75.6 Å². The van der Waals surface area contributed by atoms with Crippen LogP contribution in [0.4, 0.5) is 0 Å². The maximum Gasteiger partial charge on any atom is 0.276 e. The number of likely N-dealkylation sites (N-methyl/N-ethyl adjacent to an activating group) is 1. The third-order valence-corrected chi connectivity index (χ3v) is 5.99. The molecule has 0 spiro atoms. The molecule has 0 unspecified atom stereocenters. The summed E-state index contributed by atoms with van der Waals surface area (Å²) in [5.41, 5.74) is 2.16. The molecule has 2 amide bonds. The number of carbonyl (C=O) groups is 2. The van der Waals surface area contributed by atoms with E-state index in [0.717, 1.165) is 40.4 Å². The van der Waals surface area contributed by atoms with Crippen LogP contribution in [0.1, 0.15) is 18.4 Å². The first-order valence-electron chi connectivity index (χ1n) is 9.40. The zero-order chi connectivity index (χ0) is 20.5. The fourth-order valence-electron chi connectivity index (χ4n) is 3.57. The van der Waals surface area contributed by atoms with Gasteiger partial charge in [-0.1, -0.05) is 15.9 Å². The molecular formula is C20H21BrN4O3S. The molecule has 2 aromatic rings. The van der Waals surface area contributed by atoms with Gasteiger partial charge in [0.15, 0.2) is 5.11 Å². The van der Waals surface area contributed by atoms with Crippen LogP contribution in [0.5, 0.6) is 0 Å². The Balaban J connectivity index is 1.59. The summed E-state index contributed by atoms with van der Waals surface area (Å²) in [6.45, 7) is 1.48. The molecule has 2 fully saturated rings. The van der Waals surface area contributed by atoms with Gasteiger partial charge in [0.25, 0.3) is 5.91 Å². The lowest BCUT2D eigenvalue weighted by atomic mass is 10.1. The fourth-order valence-corrected chi connectivity index (χ4v) is 4.12. The molecule has 0 bridgehead atoms. The summed E-state index contributed by atoms with van der Waals surface area (Å²) in [7, 11) is 1.64. The van der Waals surface area contributed by atoms with Gasteiger partial charge in [-0.05, 0) is 49.3 Å². The van der Waals surface area contributed by atoms with E-state index in [2.05, 4.69) is 26.6 Å². The lowest BCUT2D eigenvalue weighted by Gasteiger charge is -2.11. The third kappa shape index (κ3) is 4.22. The van der Waals surface area contributed by atoms with E-state index >= 15 is 0 Å². The van der Waals surface area contributed by atoms with Crippen LogP contribution in [0.2, 0.25) is 0 Å². The molecule has 1 aromatic heterocycles. The predicted molar refractivity (Wildman–Crippen MR) is 118 cm³/mol. The molecule has 7 nitrogen and oxygen atoms in total. The minimum atomic E-state index is -0.180. The Morgan fingerprint density at radius 1 is 1.48 bits per heavy atom. The van der Waals surface area contributed by atoms with Crippen molar-refractivity contribution in [2.75, 3.05) is 20.2 Å². The number of rotatable bonds is 5. The van der Waals surface area contributed by atoms with Gasteiger partial charge in [-0.3, -0.25) is 14.5 Å². The second kappa shape index (κ2) is 8.25. The monoisotopic (exact) mass is 476 g/mol. The fraction of sp³-hybridized carbons (Fsp3) is 0.350. The van der Waals surface area contributed by atoms with Crippen molar-refractivity contribution in [3.8, 4) is 0 Å². The van der Waals surface area contributed by atoms with Crippen LogP contribution < -0.4 is 10.6 Å². The average Bonchev–Trinajstić information content (AvgIpc) is 3.38. The molecule has 1 aromatic carbocycles. The first kappa shape index (κ1) is 20.1. The van der Waals surface area contributed by atoms with Crippen molar-refractivity contribution in [1.82, 2.24) is 20.1 Å². The number of fused-ring (bicyclic) bond motifs is 1. The highest BCUT2D eigenvalue weighted by Gasteiger charge is 2.27. The van der Waals surface area contributed by atoms with Crippen LogP contribution in [-0.4, -0.2) is 52.7 Å². The Morgan fingerprint density at radius 3 is 3.00 bits per heavy atom. The number of ether oxygens (including phenoxy) is 1. The molecule has 29 heavy (non-hydrogen) atoms. The smallest absolute Gasteiger partial charge is 0.276 e. The highest BCUT2D eigenvalue weighted by molar-refractivity contribution is 9.10. The van der Waals surface area contributed by atoms with E-state index in [0.29, 0.717) is 17.4 Å². The second-order valence-corrected chi connectivity index (χ2v) is 8.47. The SMILES string of the molecule is CN1C(=O)/C(=C\c2cn(CC(=O)NC[C@H]3CCCO3)c3ccc(Br)cc23)NC1=S. The number of nitrogens with zero attached hydrogens (tertiary/aromatic N) is 2. The van der Waals surface area contributed by atoms with Gasteiger partial charge >= 0.3 is 0 Å². The van der Waals surface area contributed by atoms with Crippen LogP contribution in [0.3, 0.4) is 0 Å². The zero-order valence-electron chi connectivity index (χ0n) is 15.9. The van der Waals surface area contributed by atoms with Gasteiger partial charge in [-0.15, -0.1) is 0 Å². The molecule has 3 heterocycles. The van der Waals surface area contributed by atoms with Crippen molar-refractivity contribution in [2.45, 2.75) is 25.5 Å². The van der Waals surface area contributed by atoms with Crippen LogP contribution >= 0.6 is 28.1 Å². The van der Waals surface area contributed by atoms with Crippen molar-refractivity contribution < 1.29 is 14.3 Å². The lowest BCUT2D eigenvalue weighted by molar-refractivity contribution is -0.122. The maximum atomic E-state index is 12.5. The number of benzene rings is 1. The molecule has 1 atom stereocenters. The van der Waals surface area contributed by atoms with Crippen LogP contribution in [-0.2, 0) is 20.9 Å². The quantitative estimate of drug-likeness (QED) is 0.511. The summed E-state index contributed by atoms with van der Waals surface area (Å²) in [4.78, 5) is 26.2. The van der Waals surface area contributed by atoms with E-state index in [4.69, 9.17) is 17.0 Å². The van der Waals surface area contributed by atoms with Crippen LogP contribution in [0, 0.1) is 0 Å². The molecule has 2 saturated heterocycles. The number of nitrogens with one attached hydrogen (secondary N) is 2. The van der Waals surface area contributed by atoms with E-state index in [1.165, 1.54) is 4.90 Å². The maximum absolute atomic E-state index is 12.5. The van der Waals surface area contributed by atoms with Crippen molar-refractivity contribution >= 4 is 62.1 Å². The number of thiocarbonyl (C=S) groups is 1. The van der Waals surface area contributed by atoms with Gasteiger partial charge in [0.2, 0.25) is 5.91 Å². The van der Waals surface area contributed by atoms with Gasteiger partial charge in [-0.25, -0.2) is 0 Å². The van der Waals surface area contributed by atoms with Gasteiger partial charge < -0.3 is 19.9 Å². The summed E-state index contributed by atoms with van der Waals surface area (Å²) in [6.07, 6.45) is 5.79. The molecule has 2 aliphatic heterocycles. The number of hydrogen-bond donors (Lipinski definition) is 2. The molecule has 152 valence electrons. The van der Waals surface area contributed by atoms with Gasteiger partial charge in [0.1, 0.15) is 12.2 Å². The highest BCUT2D eigenvalue weighted by Crippen LogP contribution is 2.27. The Hall–Kier alpha value is -2.23. The van der Waals surface area contributed by atoms with E-state index in [1.807, 2.05) is 29.0 Å². The van der Waals surface area contributed by atoms with Crippen molar-refractivity contribution in [1.29, 1.82) is 0 Å². The summed E-state index contributed by atoms with van der Waals surface area (Å²) in [6, 6.07) is 5.86. The highest BCUT2D eigenvalue weighted by atomic mass is 79.9. The number of amides is 2. The van der Waals surface area contributed by atoms with Gasteiger partial charge in [0.05, 0.1) is 6.10 Å². The lowest BCUT2D eigenvalue weighted by Crippen LogP contribution is -2.34. The molecule has 0 aliphatic carbocycles. The van der Waals surface area contributed by atoms with Crippen molar-refractivity contribution in [2.24, 2.45) is 0 Å². The molecule has 2 aliphatic rings. The van der Waals surface area contributed by atoms with Crippen molar-refractivity contribution in [3.05, 3.63) is 40.1 Å². The number of hydrogen-bond acceptors (Lipinski definition) is 4. The first-order valence-corrected chi connectivity index (χ1v) is 10.6. The van der Waals surface area contributed by atoms with Crippen LogP contribution in [0.25, 0.3) is 17.0 Å².